The van der Waals surface area contributed by atoms with E-state index >= 15 is 0 Å². The van der Waals surface area contributed by atoms with Gasteiger partial charge in [-0.25, -0.2) is 13.4 Å². The van der Waals surface area contributed by atoms with E-state index in [-0.39, 0.29) is 17.6 Å². The molecule has 15 heavy (non-hydrogen) atoms. The van der Waals surface area contributed by atoms with Crippen LogP contribution in [-0.4, -0.2) is 31.0 Å². The molecule has 1 aliphatic rings. The molecule has 1 atom stereocenters. The third kappa shape index (κ3) is 2.69. The second-order valence-electron chi connectivity index (χ2n) is 3.44. The summed E-state index contributed by atoms with van der Waals surface area (Å²) in [6, 6.07) is 3.52. The molecule has 2 rings (SSSR count). The lowest BCUT2D eigenvalue weighted by Gasteiger charge is -2.12. The van der Waals surface area contributed by atoms with E-state index in [1.54, 1.807) is 18.3 Å². The van der Waals surface area contributed by atoms with Crippen molar-refractivity contribution in [2.24, 2.45) is 0 Å². The molecule has 1 saturated heterocycles. The minimum atomic E-state index is -2.89. The largest absolute Gasteiger partial charge is 0.486 e. The summed E-state index contributed by atoms with van der Waals surface area (Å²) in [6.45, 7) is 0. The Balaban J connectivity index is 2.08. The van der Waals surface area contributed by atoms with Crippen LogP contribution >= 0.6 is 15.9 Å². The zero-order valence-corrected chi connectivity index (χ0v) is 10.3. The van der Waals surface area contributed by atoms with Gasteiger partial charge in [0.05, 0.1) is 11.5 Å². The third-order valence-corrected chi connectivity index (χ3v) is 4.54. The van der Waals surface area contributed by atoms with Crippen molar-refractivity contribution in [2.45, 2.75) is 12.5 Å². The highest BCUT2D eigenvalue weighted by atomic mass is 79.9. The molecule has 0 aliphatic carbocycles. The van der Waals surface area contributed by atoms with Crippen LogP contribution in [0, 0.1) is 0 Å². The Bertz CT molecular complexity index is 460. The van der Waals surface area contributed by atoms with Crippen LogP contribution in [0.3, 0.4) is 0 Å². The van der Waals surface area contributed by atoms with E-state index < -0.39 is 9.84 Å². The second-order valence-corrected chi connectivity index (χ2v) is 6.42. The van der Waals surface area contributed by atoms with E-state index in [1.165, 1.54) is 0 Å². The standard InChI is InChI=1S/C9H10BrNO3S/c10-9-8(2-1-4-11-9)14-7-3-5-15(12,13)6-7/h1-2,4,7H,3,5-6H2. The quantitative estimate of drug-likeness (QED) is 0.773. The van der Waals surface area contributed by atoms with E-state index in [4.69, 9.17) is 4.74 Å². The Morgan fingerprint density at radius 2 is 2.33 bits per heavy atom. The first-order valence-corrected chi connectivity index (χ1v) is 7.16. The van der Waals surface area contributed by atoms with Crippen molar-refractivity contribution in [3.05, 3.63) is 22.9 Å². The summed E-state index contributed by atoms with van der Waals surface area (Å²) in [7, 11) is -2.89. The fourth-order valence-corrected chi connectivity index (χ4v) is 3.43. The first-order valence-electron chi connectivity index (χ1n) is 4.54. The Kier molecular flexibility index (Phi) is 2.97. The first-order chi connectivity index (χ1) is 7.07. The SMILES string of the molecule is O=S1(=O)CCC(Oc2cccnc2Br)C1. The fourth-order valence-electron chi connectivity index (χ4n) is 1.49. The molecule has 4 nitrogen and oxygen atoms in total. The van der Waals surface area contributed by atoms with Gasteiger partial charge in [-0.3, -0.25) is 0 Å². The van der Waals surface area contributed by atoms with Crippen molar-refractivity contribution in [3.63, 3.8) is 0 Å². The van der Waals surface area contributed by atoms with Crippen molar-refractivity contribution in [1.82, 2.24) is 4.98 Å². The Morgan fingerprint density at radius 1 is 1.53 bits per heavy atom. The zero-order chi connectivity index (χ0) is 10.9. The summed E-state index contributed by atoms with van der Waals surface area (Å²) in [5.41, 5.74) is 0. The predicted molar refractivity (Wildman–Crippen MR) is 59.6 cm³/mol. The summed E-state index contributed by atoms with van der Waals surface area (Å²) in [5.74, 6) is 0.920. The minimum absolute atomic E-state index is 0.105. The van der Waals surface area contributed by atoms with Gasteiger partial charge in [0.25, 0.3) is 0 Å². The van der Waals surface area contributed by atoms with Crippen molar-refractivity contribution in [1.29, 1.82) is 0 Å². The summed E-state index contributed by atoms with van der Waals surface area (Å²) in [4.78, 5) is 4.00. The average molecular weight is 292 g/mol. The predicted octanol–water partition coefficient (Wildman–Crippen LogP) is 1.41. The molecule has 1 aliphatic heterocycles. The summed E-state index contributed by atoms with van der Waals surface area (Å²) < 4.78 is 28.6. The maximum Gasteiger partial charge on any atom is 0.154 e. The number of halogens is 1. The molecule has 0 radical (unpaired) electrons. The lowest BCUT2D eigenvalue weighted by atomic mass is 10.3. The molecule has 0 aromatic carbocycles. The molecule has 1 unspecified atom stereocenters. The third-order valence-electron chi connectivity index (χ3n) is 2.21. The lowest BCUT2D eigenvalue weighted by molar-refractivity contribution is 0.226. The minimum Gasteiger partial charge on any atom is -0.486 e. The summed E-state index contributed by atoms with van der Waals surface area (Å²) in [5, 5.41) is 0. The number of hydrogen-bond acceptors (Lipinski definition) is 4. The number of aromatic nitrogens is 1. The van der Waals surface area contributed by atoms with Gasteiger partial charge in [0.2, 0.25) is 0 Å². The highest BCUT2D eigenvalue weighted by molar-refractivity contribution is 9.10. The normalized spacial score (nSPS) is 23.9. The van der Waals surface area contributed by atoms with E-state index in [9.17, 15) is 8.42 Å². The van der Waals surface area contributed by atoms with Gasteiger partial charge in [-0.15, -0.1) is 0 Å². The Labute approximate surface area is 96.7 Å². The van der Waals surface area contributed by atoms with Crippen molar-refractivity contribution in [2.75, 3.05) is 11.5 Å². The molecule has 1 fully saturated rings. The number of rotatable bonds is 2. The van der Waals surface area contributed by atoms with E-state index in [0.29, 0.717) is 16.8 Å². The van der Waals surface area contributed by atoms with Gasteiger partial charge in [-0.2, -0.15) is 0 Å². The Morgan fingerprint density at radius 3 is 2.93 bits per heavy atom. The first kappa shape index (κ1) is 10.9. The molecular weight excluding hydrogens is 282 g/mol. The van der Waals surface area contributed by atoms with Gasteiger partial charge >= 0.3 is 0 Å². The molecule has 0 bridgehead atoms. The van der Waals surface area contributed by atoms with Crippen LogP contribution in [0.25, 0.3) is 0 Å². The average Bonchev–Trinajstić information content (AvgIpc) is 2.50. The molecule has 0 saturated carbocycles. The molecular formula is C9H10BrNO3S. The zero-order valence-electron chi connectivity index (χ0n) is 7.89. The maximum atomic E-state index is 11.2. The van der Waals surface area contributed by atoms with Crippen LogP contribution in [0.2, 0.25) is 0 Å². The van der Waals surface area contributed by atoms with Crippen LogP contribution in [-0.2, 0) is 9.84 Å². The van der Waals surface area contributed by atoms with Gasteiger partial charge < -0.3 is 4.74 Å². The molecule has 0 N–H and O–H groups in total. The van der Waals surface area contributed by atoms with Crippen molar-refractivity contribution >= 4 is 25.8 Å². The van der Waals surface area contributed by atoms with Gasteiger partial charge in [0.15, 0.2) is 15.6 Å². The molecule has 1 aromatic rings. The van der Waals surface area contributed by atoms with Gasteiger partial charge in [-0.1, -0.05) is 0 Å². The fraction of sp³-hybridized carbons (Fsp3) is 0.444. The number of hydrogen-bond donors (Lipinski definition) is 0. The van der Waals surface area contributed by atoms with Gasteiger partial charge in [0, 0.05) is 6.20 Å². The van der Waals surface area contributed by atoms with Crippen LogP contribution < -0.4 is 4.74 Å². The molecule has 1 aromatic heterocycles. The number of sulfone groups is 1. The number of nitrogens with zero attached hydrogens (tertiary/aromatic N) is 1. The summed E-state index contributed by atoms with van der Waals surface area (Å²) >= 11 is 3.25. The Hall–Kier alpha value is -0.620. The van der Waals surface area contributed by atoms with Crippen LogP contribution in [0.4, 0.5) is 0 Å². The van der Waals surface area contributed by atoms with Crippen LogP contribution in [0.1, 0.15) is 6.42 Å². The maximum absolute atomic E-state index is 11.2. The summed E-state index contributed by atoms with van der Waals surface area (Å²) in [6.07, 6.45) is 1.96. The lowest BCUT2D eigenvalue weighted by Crippen LogP contribution is -2.18. The highest BCUT2D eigenvalue weighted by Crippen LogP contribution is 2.25. The molecule has 0 spiro atoms. The number of pyridine rings is 1. The van der Waals surface area contributed by atoms with Gasteiger partial charge in [0.1, 0.15) is 10.7 Å². The molecule has 6 heteroatoms. The second kappa shape index (κ2) is 4.09. The van der Waals surface area contributed by atoms with Crippen molar-refractivity contribution in [3.8, 4) is 5.75 Å². The highest BCUT2D eigenvalue weighted by Gasteiger charge is 2.29. The van der Waals surface area contributed by atoms with E-state index in [2.05, 4.69) is 20.9 Å². The van der Waals surface area contributed by atoms with Gasteiger partial charge in [-0.05, 0) is 34.5 Å². The topological polar surface area (TPSA) is 56.3 Å². The number of ether oxygens (including phenoxy) is 1. The van der Waals surface area contributed by atoms with Crippen LogP contribution in [0.5, 0.6) is 5.75 Å². The molecule has 2 heterocycles. The smallest absolute Gasteiger partial charge is 0.154 e. The van der Waals surface area contributed by atoms with E-state index in [1.807, 2.05) is 0 Å². The van der Waals surface area contributed by atoms with Crippen molar-refractivity contribution < 1.29 is 13.2 Å². The van der Waals surface area contributed by atoms with E-state index in [0.717, 1.165) is 0 Å². The molecule has 82 valence electrons. The molecule has 0 amide bonds. The monoisotopic (exact) mass is 291 g/mol. The van der Waals surface area contributed by atoms with Crippen LogP contribution in [0.15, 0.2) is 22.9 Å².